The van der Waals surface area contributed by atoms with Gasteiger partial charge in [-0.2, -0.15) is 0 Å². The van der Waals surface area contributed by atoms with E-state index < -0.39 is 0 Å². The first-order valence-electron chi connectivity index (χ1n) is 6.31. The second kappa shape index (κ2) is 7.00. The average Bonchev–Trinajstić information content (AvgIpc) is 2.90. The molecule has 1 aromatic heterocycles. The van der Waals surface area contributed by atoms with Crippen LogP contribution < -0.4 is 14.8 Å². The molecule has 0 fully saturated rings. The van der Waals surface area contributed by atoms with Gasteiger partial charge in [-0.25, -0.2) is 0 Å². The minimum Gasteiger partial charge on any atom is -0.494 e. The van der Waals surface area contributed by atoms with E-state index in [-0.39, 0.29) is 11.9 Å². The summed E-state index contributed by atoms with van der Waals surface area (Å²) in [5, 5.41) is 10.6. The third kappa shape index (κ3) is 3.54. The first-order valence-corrected chi connectivity index (χ1v) is 6.85. The van der Waals surface area contributed by atoms with Gasteiger partial charge < -0.3 is 19.2 Å². The van der Waals surface area contributed by atoms with E-state index >= 15 is 0 Å². The molecule has 6 nitrogen and oxygen atoms in total. The van der Waals surface area contributed by atoms with Gasteiger partial charge in [0.05, 0.1) is 18.9 Å². The molecule has 1 heterocycles. The van der Waals surface area contributed by atoms with E-state index in [4.69, 9.17) is 25.5 Å². The van der Waals surface area contributed by atoms with Crippen molar-refractivity contribution < 1.29 is 13.9 Å². The molecular weight excluding hydrogens is 282 g/mol. The Morgan fingerprint density at radius 1 is 1.20 bits per heavy atom. The normalized spacial score (nSPS) is 10.3. The zero-order valence-corrected chi connectivity index (χ0v) is 12.1. The Morgan fingerprint density at radius 3 is 2.65 bits per heavy atom. The van der Waals surface area contributed by atoms with E-state index in [1.165, 1.54) is 0 Å². The number of aromatic nitrogens is 2. The summed E-state index contributed by atoms with van der Waals surface area (Å²) in [7, 11) is 0. The van der Waals surface area contributed by atoms with Crippen molar-refractivity contribution in [3.05, 3.63) is 24.1 Å². The molecule has 0 bridgehead atoms. The van der Waals surface area contributed by atoms with Crippen LogP contribution in [-0.2, 0) is 5.88 Å². The van der Waals surface area contributed by atoms with Gasteiger partial charge in [0.1, 0.15) is 17.4 Å². The lowest BCUT2D eigenvalue weighted by molar-refractivity contribution is 0.332. The average molecular weight is 298 g/mol. The third-order valence-electron chi connectivity index (χ3n) is 2.38. The van der Waals surface area contributed by atoms with Crippen molar-refractivity contribution in [3.63, 3.8) is 0 Å². The predicted molar refractivity (Wildman–Crippen MR) is 75.9 cm³/mol. The molecule has 7 heteroatoms. The molecule has 0 unspecified atom stereocenters. The van der Waals surface area contributed by atoms with E-state index in [9.17, 15) is 0 Å². The monoisotopic (exact) mass is 297 g/mol. The molecule has 108 valence electrons. The second-order valence-corrected chi connectivity index (χ2v) is 4.05. The molecule has 1 N–H and O–H groups in total. The number of hydrogen-bond acceptors (Lipinski definition) is 6. The van der Waals surface area contributed by atoms with Crippen LogP contribution in [0.5, 0.6) is 11.5 Å². The topological polar surface area (TPSA) is 69.4 Å². The summed E-state index contributed by atoms with van der Waals surface area (Å²) in [6.45, 7) is 4.98. The van der Waals surface area contributed by atoms with Crippen LogP contribution in [0.4, 0.5) is 11.7 Å². The van der Waals surface area contributed by atoms with E-state index in [1.807, 2.05) is 32.0 Å². The summed E-state index contributed by atoms with van der Waals surface area (Å²) in [4.78, 5) is 0. The fraction of sp³-hybridized carbons (Fsp3) is 0.385. The lowest BCUT2D eigenvalue weighted by Crippen LogP contribution is -1.99. The Labute approximate surface area is 122 Å². The van der Waals surface area contributed by atoms with E-state index in [0.29, 0.717) is 30.5 Å². The van der Waals surface area contributed by atoms with Crippen LogP contribution in [-0.4, -0.2) is 23.4 Å². The molecule has 0 radical (unpaired) electrons. The SMILES string of the molecule is CCOc1ccc(OCC)c(Nc2nnc(CCl)o2)c1. The van der Waals surface area contributed by atoms with Gasteiger partial charge in [-0.15, -0.1) is 16.7 Å². The summed E-state index contributed by atoms with van der Waals surface area (Å²) >= 11 is 5.62. The van der Waals surface area contributed by atoms with Crippen LogP contribution >= 0.6 is 11.6 Å². The number of benzene rings is 1. The third-order valence-corrected chi connectivity index (χ3v) is 2.61. The van der Waals surface area contributed by atoms with Gasteiger partial charge >= 0.3 is 6.01 Å². The summed E-state index contributed by atoms with van der Waals surface area (Å²) in [5.41, 5.74) is 0.697. The number of nitrogens with zero attached hydrogens (tertiary/aromatic N) is 2. The smallest absolute Gasteiger partial charge is 0.320 e. The zero-order chi connectivity index (χ0) is 14.4. The zero-order valence-electron chi connectivity index (χ0n) is 11.4. The maximum absolute atomic E-state index is 5.62. The van der Waals surface area contributed by atoms with Crippen molar-refractivity contribution in [1.82, 2.24) is 10.2 Å². The lowest BCUT2D eigenvalue weighted by Gasteiger charge is -2.12. The van der Waals surface area contributed by atoms with E-state index in [1.54, 1.807) is 0 Å². The number of hydrogen-bond donors (Lipinski definition) is 1. The molecular formula is C13H16ClN3O3. The van der Waals surface area contributed by atoms with Gasteiger partial charge in [0, 0.05) is 6.07 Å². The molecule has 2 aromatic rings. The van der Waals surface area contributed by atoms with Gasteiger partial charge in [-0.05, 0) is 26.0 Å². The molecule has 0 atom stereocenters. The Hall–Kier alpha value is -1.95. The fourth-order valence-electron chi connectivity index (χ4n) is 1.62. The first kappa shape index (κ1) is 14.5. The minimum absolute atomic E-state index is 0.173. The number of rotatable bonds is 7. The van der Waals surface area contributed by atoms with Crippen LogP contribution in [0.2, 0.25) is 0 Å². The van der Waals surface area contributed by atoms with Crippen molar-refractivity contribution in [2.75, 3.05) is 18.5 Å². The maximum atomic E-state index is 5.62. The summed E-state index contributed by atoms with van der Waals surface area (Å²) < 4.78 is 16.3. The van der Waals surface area contributed by atoms with E-state index in [2.05, 4.69) is 15.5 Å². The highest BCUT2D eigenvalue weighted by Gasteiger charge is 2.10. The highest BCUT2D eigenvalue weighted by atomic mass is 35.5. The summed E-state index contributed by atoms with van der Waals surface area (Å²) in [6, 6.07) is 5.75. The standard InChI is InChI=1S/C13H16ClN3O3/c1-3-18-9-5-6-11(19-4-2)10(7-9)15-13-17-16-12(8-14)20-13/h5-7H,3-4,8H2,1-2H3,(H,15,17). The minimum atomic E-state index is 0.173. The second-order valence-electron chi connectivity index (χ2n) is 3.78. The van der Waals surface area contributed by atoms with Crippen LogP contribution in [0, 0.1) is 0 Å². The summed E-state index contributed by atoms with van der Waals surface area (Å²) in [6.07, 6.45) is 0. The van der Waals surface area contributed by atoms with Crippen molar-refractivity contribution in [2.45, 2.75) is 19.7 Å². The first-order chi connectivity index (χ1) is 9.76. The van der Waals surface area contributed by atoms with Gasteiger partial charge in [0.25, 0.3) is 0 Å². The Bertz CT molecular complexity index is 560. The number of halogens is 1. The van der Waals surface area contributed by atoms with Crippen molar-refractivity contribution in [2.24, 2.45) is 0 Å². The van der Waals surface area contributed by atoms with E-state index in [0.717, 1.165) is 5.75 Å². The fourth-order valence-corrected chi connectivity index (χ4v) is 1.73. The molecule has 0 aliphatic rings. The Kier molecular flexibility index (Phi) is 5.06. The maximum Gasteiger partial charge on any atom is 0.320 e. The molecule has 1 aromatic carbocycles. The van der Waals surface area contributed by atoms with Crippen LogP contribution in [0.3, 0.4) is 0 Å². The van der Waals surface area contributed by atoms with Crippen molar-refractivity contribution in [3.8, 4) is 11.5 Å². The number of nitrogens with one attached hydrogen (secondary N) is 1. The van der Waals surface area contributed by atoms with Crippen LogP contribution in [0.25, 0.3) is 0 Å². The van der Waals surface area contributed by atoms with Gasteiger partial charge in [0.15, 0.2) is 0 Å². The Balaban J connectivity index is 2.23. The molecule has 0 aliphatic heterocycles. The molecule has 20 heavy (non-hydrogen) atoms. The molecule has 0 aliphatic carbocycles. The molecule has 0 spiro atoms. The quantitative estimate of drug-likeness (QED) is 0.790. The Morgan fingerprint density at radius 2 is 2.00 bits per heavy atom. The molecule has 2 rings (SSSR count). The van der Waals surface area contributed by atoms with Crippen molar-refractivity contribution in [1.29, 1.82) is 0 Å². The molecule has 0 amide bonds. The number of ether oxygens (including phenoxy) is 2. The number of anilines is 2. The molecule has 0 saturated carbocycles. The van der Waals surface area contributed by atoms with Gasteiger partial charge in [-0.1, -0.05) is 5.10 Å². The van der Waals surface area contributed by atoms with Gasteiger partial charge in [0.2, 0.25) is 5.89 Å². The van der Waals surface area contributed by atoms with Gasteiger partial charge in [-0.3, -0.25) is 0 Å². The summed E-state index contributed by atoms with van der Waals surface area (Å²) in [5.74, 6) is 1.94. The number of alkyl halides is 1. The van der Waals surface area contributed by atoms with Crippen LogP contribution in [0.15, 0.2) is 22.6 Å². The highest BCUT2D eigenvalue weighted by Crippen LogP contribution is 2.31. The molecule has 0 saturated heterocycles. The van der Waals surface area contributed by atoms with Crippen LogP contribution in [0.1, 0.15) is 19.7 Å². The van der Waals surface area contributed by atoms with Crippen molar-refractivity contribution >= 4 is 23.3 Å². The highest BCUT2D eigenvalue weighted by molar-refractivity contribution is 6.16. The predicted octanol–water partition coefficient (Wildman–Crippen LogP) is 3.35. The largest absolute Gasteiger partial charge is 0.494 e. The lowest BCUT2D eigenvalue weighted by atomic mass is 10.2.